The van der Waals surface area contributed by atoms with Crippen LogP contribution >= 0.6 is 0 Å². The van der Waals surface area contributed by atoms with Crippen LogP contribution in [-0.2, 0) is 11.2 Å². The molecule has 3 heteroatoms. The maximum absolute atomic E-state index is 12.2. The lowest BCUT2D eigenvalue weighted by Crippen LogP contribution is -2.38. The number of nitrogens with zero attached hydrogens (tertiary/aromatic N) is 1. The largest absolute Gasteiger partial charge is 0.384 e. The lowest BCUT2D eigenvalue weighted by Gasteiger charge is -2.30. The van der Waals surface area contributed by atoms with E-state index in [2.05, 4.69) is 44.3 Å². The standard InChI is InChI=1S/C18H28N2O/c1-4-16-7-5-6-15(3)18(16)19-11-8-17(21)20-12-9-14(2)10-13-20/h5-7,14,19H,4,8-13H2,1-3H3. The zero-order valence-electron chi connectivity index (χ0n) is 13.6. The summed E-state index contributed by atoms with van der Waals surface area (Å²) in [4.78, 5) is 14.2. The summed E-state index contributed by atoms with van der Waals surface area (Å²) in [7, 11) is 0. The number of anilines is 1. The number of carbonyl (C=O) groups is 1. The van der Waals surface area contributed by atoms with Crippen LogP contribution in [0.4, 0.5) is 5.69 Å². The second kappa shape index (κ2) is 7.48. The van der Waals surface area contributed by atoms with Gasteiger partial charge >= 0.3 is 0 Å². The van der Waals surface area contributed by atoms with Crippen LogP contribution in [0.1, 0.15) is 44.2 Å². The molecular formula is C18H28N2O. The number of aryl methyl sites for hydroxylation is 2. The fourth-order valence-electron chi connectivity index (χ4n) is 2.99. The molecule has 0 saturated carbocycles. The Morgan fingerprint density at radius 3 is 2.71 bits per heavy atom. The molecule has 0 spiro atoms. The van der Waals surface area contributed by atoms with E-state index >= 15 is 0 Å². The normalized spacial score (nSPS) is 16.0. The number of carbonyl (C=O) groups excluding carboxylic acids is 1. The van der Waals surface area contributed by atoms with Crippen molar-refractivity contribution in [3.8, 4) is 0 Å². The van der Waals surface area contributed by atoms with Crippen molar-refractivity contribution in [2.45, 2.75) is 46.5 Å². The van der Waals surface area contributed by atoms with Gasteiger partial charge in [-0.15, -0.1) is 0 Å². The molecular weight excluding hydrogens is 260 g/mol. The third-order valence-electron chi connectivity index (χ3n) is 4.52. The third kappa shape index (κ3) is 4.23. The van der Waals surface area contributed by atoms with Crippen LogP contribution in [0.15, 0.2) is 18.2 Å². The Hall–Kier alpha value is -1.51. The minimum Gasteiger partial charge on any atom is -0.384 e. The maximum Gasteiger partial charge on any atom is 0.224 e. The highest BCUT2D eigenvalue weighted by Crippen LogP contribution is 2.21. The Balaban J connectivity index is 1.83. The Morgan fingerprint density at radius 1 is 1.33 bits per heavy atom. The van der Waals surface area contributed by atoms with Gasteiger partial charge in [0.05, 0.1) is 0 Å². The Morgan fingerprint density at radius 2 is 2.05 bits per heavy atom. The summed E-state index contributed by atoms with van der Waals surface area (Å²) >= 11 is 0. The number of para-hydroxylation sites is 1. The molecule has 1 aromatic carbocycles. The first kappa shape index (κ1) is 15.9. The number of hydrogen-bond acceptors (Lipinski definition) is 2. The molecule has 1 N–H and O–H groups in total. The fraction of sp³-hybridized carbons (Fsp3) is 0.611. The quantitative estimate of drug-likeness (QED) is 0.897. The molecule has 1 saturated heterocycles. The van der Waals surface area contributed by atoms with Crippen molar-refractivity contribution in [3.05, 3.63) is 29.3 Å². The molecule has 0 bridgehead atoms. The van der Waals surface area contributed by atoms with E-state index in [-0.39, 0.29) is 0 Å². The molecule has 1 aliphatic rings. The number of nitrogens with one attached hydrogen (secondary N) is 1. The number of benzene rings is 1. The SMILES string of the molecule is CCc1cccc(C)c1NCCC(=O)N1CCC(C)CC1. The number of likely N-dealkylation sites (tertiary alicyclic amines) is 1. The smallest absolute Gasteiger partial charge is 0.224 e. The van der Waals surface area contributed by atoms with E-state index in [9.17, 15) is 4.79 Å². The van der Waals surface area contributed by atoms with Crippen molar-refractivity contribution in [2.24, 2.45) is 5.92 Å². The maximum atomic E-state index is 12.2. The summed E-state index contributed by atoms with van der Waals surface area (Å²) in [5.41, 5.74) is 3.79. The van der Waals surface area contributed by atoms with E-state index in [4.69, 9.17) is 0 Å². The van der Waals surface area contributed by atoms with Gasteiger partial charge in [-0.3, -0.25) is 4.79 Å². The first-order valence-electron chi connectivity index (χ1n) is 8.22. The highest BCUT2D eigenvalue weighted by Gasteiger charge is 2.19. The van der Waals surface area contributed by atoms with Crippen LogP contribution in [0, 0.1) is 12.8 Å². The monoisotopic (exact) mass is 288 g/mol. The first-order valence-corrected chi connectivity index (χ1v) is 8.22. The lowest BCUT2D eigenvalue weighted by atomic mass is 9.99. The van der Waals surface area contributed by atoms with E-state index in [0.29, 0.717) is 12.3 Å². The molecule has 3 nitrogen and oxygen atoms in total. The average Bonchev–Trinajstić information content (AvgIpc) is 2.49. The highest BCUT2D eigenvalue weighted by molar-refractivity contribution is 5.77. The Kier molecular flexibility index (Phi) is 5.66. The molecule has 1 fully saturated rings. The van der Waals surface area contributed by atoms with Crippen molar-refractivity contribution in [3.63, 3.8) is 0 Å². The number of rotatable bonds is 5. The van der Waals surface area contributed by atoms with Crippen molar-refractivity contribution in [1.82, 2.24) is 4.90 Å². The van der Waals surface area contributed by atoms with E-state index in [1.807, 2.05) is 4.90 Å². The van der Waals surface area contributed by atoms with Gasteiger partial charge in [-0.2, -0.15) is 0 Å². The predicted molar refractivity (Wildman–Crippen MR) is 88.6 cm³/mol. The highest BCUT2D eigenvalue weighted by atomic mass is 16.2. The molecule has 1 heterocycles. The van der Waals surface area contributed by atoms with Gasteiger partial charge in [-0.25, -0.2) is 0 Å². The van der Waals surface area contributed by atoms with E-state index in [1.165, 1.54) is 16.8 Å². The fourth-order valence-corrected chi connectivity index (χ4v) is 2.99. The molecule has 1 aromatic rings. The van der Waals surface area contributed by atoms with E-state index < -0.39 is 0 Å². The summed E-state index contributed by atoms with van der Waals surface area (Å²) in [6.45, 7) is 9.15. The average molecular weight is 288 g/mol. The zero-order valence-corrected chi connectivity index (χ0v) is 13.6. The van der Waals surface area contributed by atoms with Crippen molar-refractivity contribution in [1.29, 1.82) is 0 Å². The first-order chi connectivity index (χ1) is 10.1. The van der Waals surface area contributed by atoms with Gasteiger partial charge in [-0.05, 0) is 43.2 Å². The van der Waals surface area contributed by atoms with Crippen LogP contribution in [0.5, 0.6) is 0 Å². The van der Waals surface area contributed by atoms with Crippen molar-refractivity contribution in [2.75, 3.05) is 25.0 Å². The zero-order chi connectivity index (χ0) is 15.2. The number of piperidine rings is 1. The second-order valence-corrected chi connectivity index (χ2v) is 6.20. The molecule has 2 rings (SSSR count). The van der Waals surface area contributed by atoms with Crippen LogP contribution in [0.25, 0.3) is 0 Å². The molecule has 116 valence electrons. The van der Waals surface area contributed by atoms with E-state index in [0.717, 1.165) is 44.8 Å². The van der Waals surface area contributed by atoms with Gasteiger partial charge in [0.25, 0.3) is 0 Å². The molecule has 0 aromatic heterocycles. The lowest BCUT2D eigenvalue weighted by molar-refractivity contribution is -0.132. The van der Waals surface area contributed by atoms with Crippen LogP contribution in [0.2, 0.25) is 0 Å². The predicted octanol–water partition coefficient (Wildman–Crippen LogP) is 3.62. The molecule has 0 radical (unpaired) electrons. The van der Waals surface area contributed by atoms with Crippen molar-refractivity contribution < 1.29 is 4.79 Å². The number of hydrogen-bond donors (Lipinski definition) is 1. The minimum atomic E-state index is 0.293. The second-order valence-electron chi connectivity index (χ2n) is 6.20. The van der Waals surface area contributed by atoms with Gasteiger partial charge in [0, 0.05) is 31.7 Å². The minimum absolute atomic E-state index is 0.293. The summed E-state index contributed by atoms with van der Waals surface area (Å²) in [5.74, 6) is 1.06. The van der Waals surface area contributed by atoms with Crippen LogP contribution < -0.4 is 5.32 Å². The van der Waals surface area contributed by atoms with Gasteiger partial charge in [0.15, 0.2) is 0 Å². The van der Waals surface area contributed by atoms with Gasteiger partial charge in [0.1, 0.15) is 0 Å². The van der Waals surface area contributed by atoms with Gasteiger partial charge in [-0.1, -0.05) is 32.0 Å². The van der Waals surface area contributed by atoms with Gasteiger partial charge < -0.3 is 10.2 Å². The molecule has 0 atom stereocenters. The summed E-state index contributed by atoms with van der Waals surface area (Å²) in [5, 5.41) is 3.46. The molecule has 1 aliphatic heterocycles. The molecule has 0 aliphatic carbocycles. The van der Waals surface area contributed by atoms with Crippen LogP contribution in [-0.4, -0.2) is 30.4 Å². The van der Waals surface area contributed by atoms with Crippen molar-refractivity contribution >= 4 is 11.6 Å². The summed E-state index contributed by atoms with van der Waals surface area (Å²) in [6, 6.07) is 6.37. The third-order valence-corrected chi connectivity index (χ3v) is 4.52. The van der Waals surface area contributed by atoms with Crippen LogP contribution in [0.3, 0.4) is 0 Å². The Labute approximate surface area is 128 Å². The van der Waals surface area contributed by atoms with E-state index in [1.54, 1.807) is 0 Å². The topological polar surface area (TPSA) is 32.3 Å². The summed E-state index contributed by atoms with van der Waals surface area (Å²) < 4.78 is 0. The molecule has 1 amide bonds. The molecule has 0 unspecified atom stereocenters. The van der Waals surface area contributed by atoms with Gasteiger partial charge in [0.2, 0.25) is 5.91 Å². The number of amides is 1. The molecule has 21 heavy (non-hydrogen) atoms. The summed E-state index contributed by atoms with van der Waals surface area (Å²) in [6.07, 6.45) is 3.90. The Bertz CT molecular complexity index is 476.